The Morgan fingerprint density at radius 1 is 0.309 bits per heavy atom. The van der Waals surface area contributed by atoms with Crippen molar-refractivity contribution in [2.24, 2.45) is 0 Å². The number of hydrogen-bond donors (Lipinski definition) is 0. The number of benzene rings is 5. The van der Waals surface area contributed by atoms with Crippen LogP contribution >= 0.6 is 0 Å². The fraction of sp³-hybridized carbons (Fsp3) is 0.434. The summed E-state index contributed by atoms with van der Waals surface area (Å²) in [6.07, 6.45) is 0. The first-order valence-corrected chi connectivity index (χ1v) is 20.1. The third-order valence-corrected chi connectivity index (χ3v) is 11.9. The maximum atomic E-state index is 7.03. The van der Waals surface area contributed by atoms with Crippen LogP contribution in [0.25, 0.3) is 0 Å². The van der Waals surface area contributed by atoms with Gasteiger partial charge in [0.1, 0.15) is 11.2 Å². The van der Waals surface area contributed by atoms with E-state index in [-0.39, 0.29) is 21.7 Å². The van der Waals surface area contributed by atoms with Crippen LogP contribution in [-0.2, 0) is 42.3 Å². The molecular formula is C53H68O2. The maximum absolute atomic E-state index is 7.03. The Morgan fingerprint density at radius 2 is 0.491 bits per heavy atom. The minimum absolute atomic E-state index is 0.0224. The van der Waals surface area contributed by atoms with E-state index < -0.39 is 11.2 Å². The quantitative estimate of drug-likeness (QED) is 0.148. The van der Waals surface area contributed by atoms with Gasteiger partial charge in [0.2, 0.25) is 0 Å². The van der Waals surface area contributed by atoms with Gasteiger partial charge in [-0.15, -0.1) is 0 Å². The van der Waals surface area contributed by atoms with Gasteiger partial charge in [0.05, 0.1) is 0 Å². The summed E-state index contributed by atoms with van der Waals surface area (Å²) >= 11 is 0. The summed E-state index contributed by atoms with van der Waals surface area (Å²) in [5.74, 6) is 0. The van der Waals surface area contributed by atoms with Gasteiger partial charge >= 0.3 is 0 Å². The van der Waals surface area contributed by atoms with Crippen molar-refractivity contribution in [2.75, 3.05) is 14.2 Å². The lowest BCUT2D eigenvalue weighted by atomic mass is 9.69. The highest BCUT2D eigenvalue weighted by Crippen LogP contribution is 2.50. The molecule has 0 amide bonds. The highest BCUT2D eigenvalue weighted by atomic mass is 16.5. The molecule has 0 heterocycles. The summed E-state index contributed by atoms with van der Waals surface area (Å²) in [5, 5.41) is 0. The molecule has 5 aromatic carbocycles. The molecule has 0 fully saturated rings. The Hall–Kier alpha value is -3.98. The zero-order chi connectivity index (χ0) is 40.9. The summed E-state index contributed by atoms with van der Waals surface area (Å²) < 4.78 is 14.1. The molecule has 0 N–H and O–H groups in total. The standard InChI is InChI=1S/C53H68O2/c1-35-34-36(2)47(53(55-17,44-30-22-40(23-31-44)50(10,11)12)45-32-24-41(25-33-45)51(13,14)15)37(3)46(35)52(54-16,42-26-18-38(19-27-42)48(4,5)6)43-28-20-39(21-29-43)49(7,8)9/h18-34H,1-17H3. The van der Waals surface area contributed by atoms with Gasteiger partial charge in [-0.25, -0.2) is 0 Å². The van der Waals surface area contributed by atoms with E-state index in [0.29, 0.717) is 0 Å². The van der Waals surface area contributed by atoms with Crippen LogP contribution in [0.5, 0.6) is 0 Å². The summed E-state index contributed by atoms with van der Waals surface area (Å²) in [6.45, 7) is 34.0. The molecule has 0 atom stereocenters. The number of aryl methyl sites for hydroxylation is 2. The van der Waals surface area contributed by atoms with Crippen molar-refractivity contribution in [1.29, 1.82) is 0 Å². The van der Waals surface area contributed by atoms with Crippen molar-refractivity contribution in [3.8, 4) is 0 Å². The van der Waals surface area contributed by atoms with Crippen LogP contribution in [0.2, 0.25) is 0 Å². The van der Waals surface area contributed by atoms with Gasteiger partial charge in [0.25, 0.3) is 0 Å². The number of rotatable bonds is 8. The van der Waals surface area contributed by atoms with E-state index in [4.69, 9.17) is 9.47 Å². The molecular weight excluding hydrogens is 669 g/mol. The van der Waals surface area contributed by atoms with Crippen LogP contribution in [0.4, 0.5) is 0 Å². The van der Waals surface area contributed by atoms with Gasteiger partial charge in [-0.2, -0.15) is 0 Å². The lowest BCUT2D eigenvalue weighted by Crippen LogP contribution is -2.38. The molecule has 2 nitrogen and oxygen atoms in total. The van der Waals surface area contributed by atoms with Gasteiger partial charge < -0.3 is 9.47 Å². The second kappa shape index (κ2) is 14.8. The number of ether oxygens (including phenoxy) is 2. The smallest absolute Gasteiger partial charge is 0.143 e. The molecule has 0 saturated heterocycles. The summed E-state index contributed by atoms with van der Waals surface area (Å²) in [4.78, 5) is 0. The fourth-order valence-corrected chi connectivity index (χ4v) is 8.67. The Labute approximate surface area is 334 Å². The van der Waals surface area contributed by atoms with Crippen molar-refractivity contribution in [3.05, 3.63) is 175 Å². The van der Waals surface area contributed by atoms with E-state index in [1.54, 1.807) is 0 Å². The minimum atomic E-state index is -0.908. The van der Waals surface area contributed by atoms with E-state index in [2.05, 4.69) is 207 Å². The van der Waals surface area contributed by atoms with E-state index in [9.17, 15) is 0 Å². The predicted octanol–water partition coefficient (Wildman–Crippen LogP) is 13.7. The average Bonchev–Trinajstić information content (AvgIpc) is 3.11. The summed E-state index contributed by atoms with van der Waals surface area (Å²) in [5.41, 5.74) is 13.6. The molecule has 0 spiro atoms. The largest absolute Gasteiger partial charge is 0.364 e. The predicted molar refractivity (Wildman–Crippen MR) is 235 cm³/mol. The fourth-order valence-electron chi connectivity index (χ4n) is 8.67. The molecule has 55 heavy (non-hydrogen) atoms. The van der Waals surface area contributed by atoms with Gasteiger partial charge in [0.15, 0.2) is 0 Å². The Balaban J connectivity index is 1.93. The third kappa shape index (κ3) is 7.75. The molecule has 0 saturated carbocycles. The zero-order valence-electron chi connectivity index (χ0n) is 37.1. The summed E-state index contributed by atoms with van der Waals surface area (Å²) in [7, 11) is 3.74. The van der Waals surface area contributed by atoms with Crippen molar-refractivity contribution < 1.29 is 9.47 Å². The molecule has 292 valence electrons. The van der Waals surface area contributed by atoms with Crippen LogP contribution in [0, 0.1) is 20.8 Å². The lowest BCUT2D eigenvalue weighted by Gasteiger charge is -2.42. The highest BCUT2D eigenvalue weighted by molar-refractivity contribution is 5.62. The van der Waals surface area contributed by atoms with E-state index in [0.717, 1.165) is 38.9 Å². The Kier molecular flexibility index (Phi) is 11.4. The first kappa shape index (κ1) is 42.2. The molecule has 0 bridgehead atoms. The lowest BCUT2D eigenvalue weighted by molar-refractivity contribution is 0.0509. The van der Waals surface area contributed by atoms with Crippen molar-refractivity contribution in [2.45, 2.75) is 137 Å². The molecule has 0 aliphatic heterocycles. The molecule has 0 aliphatic rings. The molecule has 5 aromatic rings. The van der Waals surface area contributed by atoms with Crippen LogP contribution < -0.4 is 0 Å². The zero-order valence-corrected chi connectivity index (χ0v) is 37.1. The molecule has 5 rings (SSSR count). The molecule has 0 aliphatic carbocycles. The molecule has 0 unspecified atom stereocenters. The average molecular weight is 737 g/mol. The van der Waals surface area contributed by atoms with Crippen LogP contribution in [0.15, 0.2) is 103 Å². The monoisotopic (exact) mass is 737 g/mol. The molecule has 2 heteroatoms. The third-order valence-electron chi connectivity index (χ3n) is 11.9. The van der Waals surface area contributed by atoms with Gasteiger partial charge in [-0.1, -0.05) is 186 Å². The van der Waals surface area contributed by atoms with E-state index in [1.807, 2.05) is 14.2 Å². The minimum Gasteiger partial charge on any atom is -0.364 e. The van der Waals surface area contributed by atoms with Crippen LogP contribution in [0.3, 0.4) is 0 Å². The topological polar surface area (TPSA) is 18.5 Å². The second-order valence-corrected chi connectivity index (χ2v) is 20.0. The molecule has 0 aromatic heterocycles. The SMILES string of the molecule is COC(c1ccc(C(C)(C)C)cc1)(c1ccc(C(C)(C)C)cc1)c1c(C)cc(C)c(C(OC)(c2ccc(C(C)(C)C)cc2)c2ccc(C(C)(C)C)cc2)c1C. The first-order valence-electron chi connectivity index (χ1n) is 20.1. The summed E-state index contributed by atoms with van der Waals surface area (Å²) in [6, 6.07) is 38.8. The highest BCUT2D eigenvalue weighted by Gasteiger charge is 2.45. The van der Waals surface area contributed by atoms with Crippen molar-refractivity contribution in [1.82, 2.24) is 0 Å². The first-order chi connectivity index (χ1) is 25.4. The van der Waals surface area contributed by atoms with E-state index >= 15 is 0 Å². The van der Waals surface area contributed by atoms with Gasteiger partial charge in [-0.05, 0) is 115 Å². The Bertz CT molecular complexity index is 1820. The number of methoxy groups -OCH3 is 2. The van der Waals surface area contributed by atoms with Gasteiger partial charge in [-0.3, -0.25) is 0 Å². The second-order valence-electron chi connectivity index (χ2n) is 20.0. The van der Waals surface area contributed by atoms with Crippen molar-refractivity contribution >= 4 is 0 Å². The molecule has 0 radical (unpaired) electrons. The van der Waals surface area contributed by atoms with E-state index in [1.165, 1.54) is 33.4 Å². The normalized spacial score (nSPS) is 13.3. The van der Waals surface area contributed by atoms with Crippen molar-refractivity contribution in [3.63, 3.8) is 0 Å². The van der Waals surface area contributed by atoms with Crippen LogP contribution in [0.1, 0.15) is 155 Å². The number of hydrogen-bond acceptors (Lipinski definition) is 2. The van der Waals surface area contributed by atoms with Crippen LogP contribution in [-0.4, -0.2) is 14.2 Å². The maximum Gasteiger partial charge on any atom is 0.143 e. The Morgan fingerprint density at radius 3 is 0.655 bits per heavy atom. The van der Waals surface area contributed by atoms with Gasteiger partial charge in [0, 0.05) is 14.2 Å².